The number of esters is 2. The highest BCUT2D eigenvalue weighted by Crippen LogP contribution is 2.52. The average Bonchev–Trinajstić information content (AvgIpc) is 4.20. The van der Waals surface area contributed by atoms with E-state index < -0.39 is 18.3 Å². The number of aliphatic hydroxyl groups is 1. The fourth-order valence-electron chi connectivity index (χ4n) is 13.0. The molecule has 0 radical (unpaired) electrons. The summed E-state index contributed by atoms with van der Waals surface area (Å²) in [5.74, 6) is 4.11. The van der Waals surface area contributed by atoms with E-state index in [-0.39, 0.29) is 71.5 Å². The van der Waals surface area contributed by atoms with Crippen molar-refractivity contribution in [3.63, 3.8) is 0 Å². The molecule has 0 aromatic heterocycles. The SMILES string of the molecule is C.C.CCCCC[C@@H](CC[C@@H]1[C@H]2Cc3cccc(OCC(=O)OCc4ccccc4)c3C[C@H]2C[C@H]1C)OC(=O)OC.CCCCC[C@@H](CC[C@@H]1[C@H]2Cc3cccc(OCC(=O)OCc4ccccc4)c3C[C@H]2C[C@H]1O)OC(=O)OC.NCl. The molecule has 0 saturated heterocycles. The van der Waals surface area contributed by atoms with Crippen LogP contribution in [0.25, 0.3) is 0 Å². The van der Waals surface area contributed by atoms with Gasteiger partial charge in [-0.25, -0.2) is 24.4 Å². The van der Waals surface area contributed by atoms with Gasteiger partial charge in [0.15, 0.2) is 13.2 Å². The molecule has 15 heteroatoms. The Morgan fingerprint density at radius 2 is 0.988 bits per heavy atom. The first-order valence-corrected chi connectivity index (χ1v) is 29.6. The van der Waals surface area contributed by atoms with E-state index in [2.05, 4.69) is 49.9 Å². The Labute approximate surface area is 494 Å². The number of aliphatic hydroxyl groups excluding tert-OH is 1. The zero-order valence-corrected chi connectivity index (χ0v) is 48.6. The third-order valence-corrected chi connectivity index (χ3v) is 17.0. The molecule has 0 aliphatic heterocycles. The number of hydrogen-bond acceptors (Lipinski definition) is 14. The summed E-state index contributed by atoms with van der Waals surface area (Å²) in [4.78, 5) is 48.2. The number of ether oxygens (including phenoxy) is 8. The zero-order valence-electron chi connectivity index (χ0n) is 47.9. The van der Waals surface area contributed by atoms with Crippen molar-refractivity contribution in [3.8, 4) is 11.5 Å². The van der Waals surface area contributed by atoms with Crippen molar-refractivity contribution < 1.29 is 62.2 Å². The molecule has 4 aliphatic rings. The van der Waals surface area contributed by atoms with E-state index in [0.29, 0.717) is 35.5 Å². The summed E-state index contributed by atoms with van der Waals surface area (Å²) in [5, 5.41) is 15.0. The maximum absolute atomic E-state index is 12.3. The summed E-state index contributed by atoms with van der Waals surface area (Å²) in [6, 6.07) is 31.5. The van der Waals surface area contributed by atoms with Gasteiger partial charge in [-0.2, -0.15) is 0 Å². The van der Waals surface area contributed by atoms with Crippen LogP contribution >= 0.6 is 11.8 Å². The number of nitrogens with two attached hydrogens (primary N) is 1. The Kier molecular flexibility index (Phi) is 30.7. The second-order valence-electron chi connectivity index (χ2n) is 22.2. The summed E-state index contributed by atoms with van der Waals surface area (Å²) >= 11 is 4.14. The predicted molar refractivity (Wildman–Crippen MR) is 321 cm³/mol. The van der Waals surface area contributed by atoms with Gasteiger partial charge in [-0.3, -0.25) is 0 Å². The number of halogens is 1. The number of fused-ring (bicyclic) bond motifs is 4. The summed E-state index contributed by atoms with van der Waals surface area (Å²) in [5.41, 5.74) is 6.82. The molecule has 3 N–H and O–H groups in total. The van der Waals surface area contributed by atoms with Gasteiger partial charge in [-0.15, -0.1) is 0 Å². The Hall–Kier alpha value is -5.83. The highest BCUT2D eigenvalue weighted by atomic mass is 35.5. The standard InChI is InChI=1S/C33H44O6.C32H42O7.2CH4.ClH2N/c1-4-5-7-14-27(39-33(35)36-3)16-17-28-23(2)18-26-20-30-25(19-29(26)28)13-10-15-31(30)37-22-32(34)38-21-24-11-8-6-9-12-24;1-3-4-6-13-25(39-32(35)36-2)15-16-26-27-17-23-12-9-14-30(28(23)18-24(27)19-29(26)33)37-21-31(34)38-20-22-10-7-5-8-11-22;;;1-2/h6,8-13,15,23,26-29H,4-5,7,14,16-22H2,1-3H3;5,7-12,14,24-27,29,33H,3-4,6,13,15-21H2,1-2H3;2*1H4;2H2/t23-,26-,27+,28+,29+;24-,25-,26+,27-,29+;;;/m10.../s1. The summed E-state index contributed by atoms with van der Waals surface area (Å²) < 4.78 is 43.4. The van der Waals surface area contributed by atoms with Gasteiger partial charge in [0.05, 0.1) is 20.3 Å². The normalized spacial score (nSPS) is 21.3. The molecule has 2 fully saturated rings. The third kappa shape index (κ3) is 20.8. The molecule has 0 bridgehead atoms. The number of carbonyl (C=O) groups is 4. The van der Waals surface area contributed by atoms with Crippen LogP contribution in [-0.2, 0) is 76.9 Å². The molecule has 10 atom stereocenters. The molecule has 82 heavy (non-hydrogen) atoms. The molecule has 8 rings (SSSR count). The van der Waals surface area contributed by atoms with Gasteiger partial charge < -0.3 is 43.0 Å². The third-order valence-electron chi connectivity index (χ3n) is 17.0. The van der Waals surface area contributed by atoms with Crippen LogP contribution in [0.5, 0.6) is 11.5 Å². The van der Waals surface area contributed by atoms with Crippen LogP contribution in [0, 0.1) is 41.4 Å². The molecule has 0 spiro atoms. The zero-order chi connectivity index (χ0) is 57.2. The molecule has 0 amide bonds. The summed E-state index contributed by atoms with van der Waals surface area (Å²) in [7, 11) is 2.71. The maximum atomic E-state index is 12.3. The van der Waals surface area contributed by atoms with Gasteiger partial charge in [0.1, 0.15) is 36.9 Å². The minimum atomic E-state index is -0.635. The summed E-state index contributed by atoms with van der Waals surface area (Å²) in [6.45, 7) is 6.97. The lowest BCUT2D eigenvalue weighted by atomic mass is 9.73. The number of methoxy groups -OCH3 is 2. The monoisotopic (exact) mass is 1160 g/mol. The van der Waals surface area contributed by atoms with Crippen LogP contribution in [0.4, 0.5) is 9.59 Å². The van der Waals surface area contributed by atoms with E-state index in [1.165, 1.54) is 37.3 Å². The second kappa shape index (κ2) is 36.7. The molecule has 2 saturated carbocycles. The lowest BCUT2D eigenvalue weighted by Crippen LogP contribution is -2.29. The highest BCUT2D eigenvalue weighted by molar-refractivity contribution is 6.11. The van der Waals surface area contributed by atoms with Gasteiger partial charge in [-0.05, 0) is 189 Å². The first-order valence-electron chi connectivity index (χ1n) is 29.2. The number of carbonyl (C=O) groups excluding carboxylic acids is 4. The van der Waals surface area contributed by atoms with Gasteiger partial charge in [-0.1, -0.05) is 146 Å². The van der Waals surface area contributed by atoms with Crippen LogP contribution in [0.1, 0.15) is 159 Å². The van der Waals surface area contributed by atoms with Gasteiger partial charge in [0.2, 0.25) is 0 Å². The van der Waals surface area contributed by atoms with Crippen molar-refractivity contribution in [3.05, 3.63) is 130 Å². The lowest BCUT2D eigenvalue weighted by molar-refractivity contribution is -0.148. The van der Waals surface area contributed by atoms with Crippen molar-refractivity contribution in [2.45, 2.75) is 183 Å². The quantitative estimate of drug-likeness (QED) is 0.0261. The largest absolute Gasteiger partial charge is 0.508 e. The molecule has 0 unspecified atom stereocenters. The predicted octanol–water partition coefficient (Wildman–Crippen LogP) is 14.7. The molecule has 14 nitrogen and oxygen atoms in total. The minimum Gasteiger partial charge on any atom is -0.482 e. The van der Waals surface area contributed by atoms with Crippen LogP contribution in [0.3, 0.4) is 0 Å². The van der Waals surface area contributed by atoms with Gasteiger partial charge in [0, 0.05) is 0 Å². The molecule has 454 valence electrons. The Morgan fingerprint density at radius 3 is 1.43 bits per heavy atom. The number of hydrogen-bond donors (Lipinski definition) is 2. The van der Waals surface area contributed by atoms with Crippen molar-refractivity contribution in [2.24, 2.45) is 46.7 Å². The van der Waals surface area contributed by atoms with Crippen molar-refractivity contribution in [2.75, 3.05) is 27.4 Å². The van der Waals surface area contributed by atoms with E-state index in [1.54, 1.807) is 0 Å². The van der Waals surface area contributed by atoms with Crippen LogP contribution < -0.4 is 14.7 Å². The van der Waals surface area contributed by atoms with Crippen molar-refractivity contribution in [1.29, 1.82) is 0 Å². The van der Waals surface area contributed by atoms with Crippen LogP contribution in [0.2, 0.25) is 0 Å². The van der Waals surface area contributed by atoms with Gasteiger partial charge >= 0.3 is 24.2 Å². The van der Waals surface area contributed by atoms with Crippen LogP contribution in [-0.4, -0.2) is 75.1 Å². The lowest BCUT2D eigenvalue weighted by Gasteiger charge is -2.33. The van der Waals surface area contributed by atoms with Crippen molar-refractivity contribution in [1.82, 2.24) is 0 Å². The molecule has 4 aromatic rings. The Morgan fingerprint density at radius 1 is 0.561 bits per heavy atom. The first-order chi connectivity index (χ1) is 39.0. The highest BCUT2D eigenvalue weighted by Gasteiger charge is 2.46. The van der Waals surface area contributed by atoms with E-state index >= 15 is 0 Å². The smallest absolute Gasteiger partial charge is 0.482 e. The van der Waals surface area contributed by atoms with E-state index in [4.69, 9.17) is 37.9 Å². The van der Waals surface area contributed by atoms with Crippen molar-refractivity contribution >= 4 is 36.0 Å². The molecular formula is C67H96ClNO13. The van der Waals surface area contributed by atoms with Gasteiger partial charge in [0.25, 0.3) is 0 Å². The van der Waals surface area contributed by atoms with Crippen LogP contribution in [0.15, 0.2) is 97.1 Å². The van der Waals surface area contributed by atoms with E-state index in [9.17, 15) is 24.3 Å². The summed E-state index contributed by atoms with van der Waals surface area (Å²) in [6.07, 6.45) is 15.6. The molecule has 0 heterocycles. The fourth-order valence-corrected chi connectivity index (χ4v) is 13.0. The fraction of sp³-hybridized carbons (Fsp3) is 0.582. The van der Waals surface area contributed by atoms with E-state index in [1.807, 2.05) is 84.9 Å². The minimum absolute atomic E-state index is 0. The first kappa shape index (κ1) is 68.7. The maximum Gasteiger partial charge on any atom is 0.508 e. The average molecular weight is 1160 g/mol. The second-order valence-corrected chi connectivity index (χ2v) is 22.2. The molecular weight excluding hydrogens is 1060 g/mol. The van der Waals surface area contributed by atoms with E-state index in [0.717, 1.165) is 137 Å². The molecule has 4 aromatic carbocycles. The molecule has 4 aliphatic carbocycles. The number of unbranched alkanes of at least 4 members (excludes halogenated alkanes) is 4. The Bertz CT molecular complexity index is 2320. The number of rotatable bonds is 26. The number of benzene rings is 4. The topological polar surface area (TPSA) is 188 Å². The Balaban J connectivity index is 0.000000334.